The van der Waals surface area contributed by atoms with Crippen molar-refractivity contribution in [2.75, 3.05) is 46.3 Å². The van der Waals surface area contributed by atoms with E-state index in [4.69, 9.17) is 25.1 Å². The third kappa shape index (κ3) is 8.02. The van der Waals surface area contributed by atoms with Crippen LogP contribution in [-0.2, 0) is 22.7 Å². The number of carboxylic acid groups (broad SMARTS) is 2. The number of hydrogen-bond donors (Lipinski definition) is 3. The first-order chi connectivity index (χ1) is 14.9. The Bertz CT molecular complexity index is 885. The average Bonchev–Trinajstić information content (AvgIpc) is 3.11. The van der Waals surface area contributed by atoms with Crippen LogP contribution in [-0.4, -0.2) is 82.8 Å². The molecule has 2 heterocycles. The Hall–Kier alpha value is -2.93. The molecule has 9 heteroatoms. The first-order valence-corrected chi connectivity index (χ1v) is 10.4. The van der Waals surface area contributed by atoms with Gasteiger partial charge in [0, 0.05) is 56.4 Å². The minimum atomic E-state index is -1.82. The molecule has 1 aliphatic rings. The fraction of sp³-hybridized carbons (Fsp3) is 0.500. The van der Waals surface area contributed by atoms with Gasteiger partial charge in [-0.15, -0.1) is 0 Å². The Morgan fingerprint density at radius 1 is 1.10 bits per heavy atom. The van der Waals surface area contributed by atoms with Crippen molar-refractivity contribution in [3.8, 4) is 6.07 Å². The number of hydrogen-bond acceptors (Lipinski definition) is 6. The zero-order valence-electron chi connectivity index (χ0n) is 18.0. The standard InChI is InChI=1S/C20H29N5.C2H2O4/c1-23-12-14-24(15-13-23)10-5-9-22-16-18-17-25(11-4-8-21)20-7-3-2-6-19(18)20;3-1(4)2(5)6/h2-3,6-7,17,22H,4-5,9-16H2,1H3;(H,3,4)(H,5,6). The van der Waals surface area contributed by atoms with E-state index in [1.807, 2.05) is 0 Å². The summed E-state index contributed by atoms with van der Waals surface area (Å²) in [6.07, 6.45) is 3.95. The van der Waals surface area contributed by atoms with Crippen molar-refractivity contribution in [3.63, 3.8) is 0 Å². The summed E-state index contributed by atoms with van der Waals surface area (Å²) in [6, 6.07) is 10.7. The van der Waals surface area contributed by atoms with E-state index < -0.39 is 11.9 Å². The lowest BCUT2D eigenvalue weighted by molar-refractivity contribution is -0.159. The molecule has 168 valence electrons. The molecule has 1 aliphatic heterocycles. The number of carboxylic acids is 2. The predicted octanol–water partition coefficient (Wildman–Crippen LogP) is 1.44. The number of piperazine rings is 1. The van der Waals surface area contributed by atoms with Crippen LogP contribution >= 0.6 is 0 Å². The topological polar surface area (TPSA) is 122 Å². The zero-order chi connectivity index (χ0) is 22.6. The maximum absolute atomic E-state index is 9.10. The van der Waals surface area contributed by atoms with Crippen LogP contribution in [0.3, 0.4) is 0 Å². The molecule has 3 rings (SSSR count). The summed E-state index contributed by atoms with van der Waals surface area (Å²) in [5.41, 5.74) is 2.56. The minimum Gasteiger partial charge on any atom is -0.473 e. The van der Waals surface area contributed by atoms with Gasteiger partial charge in [0.2, 0.25) is 0 Å². The predicted molar refractivity (Wildman–Crippen MR) is 118 cm³/mol. The quantitative estimate of drug-likeness (QED) is 0.426. The van der Waals surface area contributed by atoms with Gasteiger partial charge in [0.05, 0.1) is 12.5 Å². The van der Waals surface area contributed by atoms with Crippen LogP contribution in [0.15, 0.2) is 30.5 Å². The SMILES string of the molecule is CN1CCN(CCCNCc2cn(CCC#N)c3ccccc23)CC1.O=C(O)C(=O)O. The highest BCUT2D eigenvalue weighted by Gasteiger charge is 2.13. The molecule has 0 atom stereocenters. The molecule has 0 amide bonds. The van der Waals surface area contributed by atoms with Gasteiger partial charge in [-0.2, -0.15) is 5.26 Å². The molecule has 1 saturated heterocycles. The number of nitrogens with zero attached hydrogens (tertiary/aromatic N) is 4. The summed E-state index contributed by atoms with van der Waals surface area (Å²) in [6.45, 7) is 8.66. The van der Waals surface area contributed by atoms with Crippen molar-refractivity contribution in [1.82, 2.24) is 19.7 Å². The summed E-state index contributed by atoms with van der Waals surface area (Å²) >= 11 is 0. The Kier molecular flexibility index (Phi) is 9.97. The van der Waals surface area contributed by atoms with Crippen molar-refractivity contribution in [1.29, 1.82) is 5.26 Å². The Morgan fingerprint density at radius 2 is 1.77 bits per heavy atom. The van der Waals surface area contributed by atoms with Gasteiger partial charge in [-0.3, -0.25) is 0 Å². The summed E-state index contributed by atoms with van der Waals surface area (Å²) in [5, 5.41) is 28.5. The van der Waals surface area contributed by atoms with Gasteiger partial charge in [0.25, 0.3) is 0 Å². The number of nitrogens with one attached hydrogen (secondary N) is 1. The summed E-state index contributed by atoms with van der Waals surface area (Å²) in [5.74, 6) is -3.65. The van der Waals surface area contributed by atoms with Crippen molar-refractivity contribution in [2.45, 2.75) is 25.9 Å². The normalized spacial score (nSPS) is 14.6. The zero-order valence-corrected chi connectivity index (χ0v) is 18.0. The van der Waals surface area contributed by atoms with Gasteiger partial charge in [-0.25, -0.2) is 9.59 Å². The van der Waals surface area contributed by atoms with Crippen molar-refractivity contribution in [2.24, 2.45) is 0 Å². The Morgan fingerprint density at radius 3 is 2.42 bits per heavy atom. The number of carbonyl (C=O) groups is 2. The number of aromatic nitrogens is 1. The minimum absolute atomic E-state index is 0.552. The number of benzene rings is 1. The molecule has 2 aromatic rings. The van der Waals surface area contributed by atoms with Gasteiger partial charge in [-0.05, 0) is 38.2 Å². The number of aliphatic carboxylic acids is 2. The Balaban J connectivity index is 0.000000501. The number of fused-ring (bicyclic) bond motifs is 1. The van der Waals surface area contributed by atoms with Gasteiger partial charge >= 0.3 is 11.9 Å². The number of aryl methyl sites for hydroxylation is 1. The lowest BCUT2D eigenvalue weighted by Crippen LogP contribution is -2.45. The van der Waals surface area contributed by atoms with Gasteiger partial charge in [0.1, 0.15) is 0 Å². The molecule has 31 heavy (non-hydrogen) atoms. The molecular weight excluding hydrogens is 398 g/mol. The third-order valence-electron chi connectivity index (χ3n) is 5.26. The molecule has 1 aromatic carbocycles. The lowest BCUT2D eigenvalue weighted by Gasteiger charge is -2.32. The van der Waals surface area contributed by atoms with E-state index in [9.17, 15) is 0 Å². The van der Waals surface area contributed by atoms with Gasteiger partial charge < -0.3 is 29.9 Å². The third-order valence-corrected chi connectivity index (χ3v) is 5.26. The largest absolute Gasteiger partial charge is 0.473 e. The molecule has 0 bridgehead atoms. The average molecular weight is 430 g/mol. The van der Waals surface area contributed by atoms with E-state index in [1.165, 1.54) is 55.6 Å². The number of para-hydroxylation sites is 1. The Labute approximate surface area is 182 Å². The van der Waals surface area contributed by atoms with Crippen molar-refractivity contribution in [3.05, 3.63) is 36.0 Å². The first-order valence-electron chi connectivity index (χ1n) is 10.4. The molecule has 0 aliphatic carbocycles. The molecule has 1 fully saturated rings. The molecule has 0 spiro atoms. The van der Waals surface area contributed by atoms with E-state index in [0.29, 0.717) is 6.42 Å². The smallest absolute Gasteiger partial charge is 0.414 e. The number of likely N-dealkylation sites (N-methyl/N-ethyl adjacent to an activating group) is 1. The van der Waals surface area contributed by atoms with Crippen molar-refractivity contribution < 1.29 is 19.8 Å². The second kappa shape index (κ2) is 12.7. The molecule has 0 radical (unpaired) electrons. The fourth-order valence-electron chi connectivity index (χ4n) is 3.54. The molecule has 0 unspecified atom stereocenters. The van der Waals surface area contributed by atoms with Crippen LogP contribution in [0.4, 0.5) is 0 Å². The van der Waals surface area contributed by atoms with Crippen LogP contribution in [0.2, 0.25) is 0 Å². The van der Waals surface area contributed by atoms with Gasteiger partial charge in [0.15, 0.2) is 0 Å². The van der Waals surface area contributed by atoms with Crippen molar-refractivity contribution >= 4 is 22.8 Å². The van der Waals surface area contributed by atoms with Crippen LogP contribution in [0.5, 0.6) is 0 Å². The van der Waals surface area contributed by atoms with Crippen LogP contribution in [0.25, 0.3) is 10.9 Å². The van der Waals surface area contributed by atoms with E-state index in [-0.39, 0.29) is 0 Å². The van der Waals surface area contributed by atoms with Crippen LogP contribution in [0, 0.1) is 11.3 Å². The summed E-state index contributed by atoms with van der Waals surface area (Å²) in [4.78, 5) is 23.2. The molecule has 0 saturated carbocycles. The van der Waals surface area contributed by atoms with Gasteiger partial charge in [-0.1, -0.05) is 18.2 Å². The van der Waals surface area contributed by atoms with E-state index >= 15 is 0 Å². The monoisotopic (exact) mass is 429 g/mol. The molecular formula is C22H31N5O4. The van der Waals surface area contributed by atoms with Crippen LogP contribution in [0.1, 0.15) is 18.4 Å². The number of nitriles is 1. The summed E-state index contributed by atoms with van der Waals surface area (Å²) < 4.78 is 2.21. The van der Waals surface area contributed by atoms with E-state index in [2.05, 4.69) is 63.3 Å². The summed E-state index contributed by atoms with van der Waals surface area (Å²) in [7, 11) is 2.20. The fourth-order valence-corrected chi connectivity index (χ4v) is 3.54. The maximum Gasteiger partial charge on any atom is 0.414 e. The second-order valence-electron chi connectivity index (χ2n) is 7.56. The highest BCUT2D eigenvalue weighted by Crippen LogP contribution is 2.21. The second-order valence-corrected chi connectivity index (χ2v) is 7.56. The highest BCUT2D eigenvalue weighted by atomic mass is 16.4. The van der Waals surface area contributed by atoms with E-state index in [1.54, 1.807) is 0 Å². The highest BCUT2D eigenvalue weighted by molar-refractivity contribution is 6.27. The van der Waals surface area contributed by atoms with E-state index in [0.717, 1.165) is 19.6 Å². The molecule has 9 nitrogen and oxygen atoms in total. The number of rotatable bonds is 8. The molecule has 3 N–H and O–H groups in total. The maximum atomic E-state index is 9.10. The molecule has 1 aromatic heterocycles. The van der Waals surface area contributed by atoms with Crippen LogP contribution < -0.4 is 5.32 Å². The first kappa shape index (κ1) is 24.3. The lowest BCUT2D eigenvalue weighted by atomic mass is 10.2.